The third-order valence-corrected chi connectivity index (χ3v) is 2.98. The lowest BCUT2D eigenvalue weighted by molar-refractivity contribution is -0.134. The topological polar surface area (TPSA) is 46.3 Å². The molecule has 0 aromatic heterocycles. The molecule has 1 fully saturated rings. The monoisotopic (exact) mass is 194 g/mol. The van der Waals surface area contributed by atoms with Crippen LogP contribution >= 0.6 is 0 Å². The van der Waals surface area contributed by atoms with Crippen molar-refractivity contribution in [1.29, 1.82) is 0 Å². The Morgan fingerprint density at radius 1 is 1.64 bits per heavy atom. The van der Waals surface area contributed by atoms with Crippen molar-refractivity contribution in [2.45, 2.75) is 19.3 Å². The molecular formula is C11H18N2O. The number of carbonyl (C=O) groups is 1. The van der Waals surface area contributed by atoms with Crippen molar-refractivity contribution in [3.8, 4) is 12.3 Å². The van der Waals surface area contributed by atoms with Gasteiger partial charge >= 0.3 is 0 Å². The first kappa shape index (κ1) is 11.1. The van der Waals surface area contributed by atoms with Crippen LogP contribution in [0.3, 0.4) is 0 Å². The summed E-state index contributed by atoms with van der Waals surface area (Å²) in [5, 5.41) is 0. The van der Waals surface area contributed by atoms with Gasteiger partial charge in [0.1, 0.15) is 0 Å². The Kier molecular flexibility index (Phi) is 3.97. The van der Waals surface area contributed by atoms with Crippen molar-refractivity contribution in [3.63, 3.8) is 0 Å². The minimum absolute atomic E-state index is 0.110. The summed E-state index contributed by atoms with van der Waals surface area (Å²) in [4.78, 5) is 13.5. The van der Waals surface area contributed by atoms with Crippen molar-refractivity contribution in [2.75, 3.05) is 20.1 Å². The molecule has 1 aliphatic rings. The minimum Gasteiger partial charge on any atom is -0.334 e. The lowest BCUT2D eigenvalue weighted by Crippen LogP contribution is -2.36. The van der Waals surface area contributed by atoms with Crippen LogP contribution in [0.5, 0.6) is 0 Å². The number of carbonyl (C=O) groups excluding carboxylic acids is 1. The second-order valence-corrected chi connectivity index (χ2v) is 3.93. The normalized spacial score (nSPS) is 25.8. The molecule has 0 bridgehead atoms. The van der Waals surface area contributed by atoms with Crippen molar-refractivity contribution < 1.29 is 4.79 Å². The molecule has 3 nitrogen and oxygen atoms in total. The first-order valence-corrected chi connectivity index (χ1v) is 5.09. The summed E-state index contributed by atoms with van der Waals surface area (Å²) in [5.41, 5.74) is 5.63. The molecule has 0 aromatic rings. The van der Waals surface area contributed by atoms with Crippen LogP contribution in [0.2, 0.25) is 0 Å². The van der Waals surface area contributed by atoms with E-state index in [2.05, 4.69) is 5.92 Å². The molecule has 1 saturated carbocycles. The van der Waals surface area contributed by atoms with Gasteiger partial charge in [-0.15, -0.1) is 6.42 Å². The number of amides is 1. The molecular weight excluding hydrogens is 176 g/mol. The van der Waals surface area contributed by atoms with Gasteiger partial charge in [-0.05, 0) is 25.3 Å². The first-order valence-electron chi connectivity index (χ1n) is 5.09. The molecule has 0 aliphatic heterocycles. The van der Waals surface area contributed by atoms with Gasteiger partial charge in [0.05, 0.1) is 6.54 Å². The Morgan fingerprint density at radius 3 is 2.93 bits per heavy atom. The predicted molar refractivity (Wildman–Crippen MR) is 56.4 cm³/mol. The molecule has 0 radical (unpaired) electrons. The van der Waals surface area contributed by atoms with Crippen molar-refractivity contribution in [2.24, 2.45) is 17.6 Å². The van der Waals surface area contributed by atoms with E-state index in [4.69, 9.17) is 12.2 Å². The molecule has 2 N–H and O–H groups in total. The quantitative estimate of drug-likeness (QED) is 0.663. The van der Waals surface area contributed by atoms with E-state index in [0.717, 1.165) is 19.3 Å². The second-order valence-electron chi connectivity index (χ2n) is 3.93. The number of nitrogens with two attached hydrogens (primary N) is 1. The van der Waals surface area contributed by atoms with Gasteiger partial charge < -0.3 is 10.6 Å². The van der Waals surface area contributed by atoms with Crippen LogP contribution in [0.15, 0.2) is 0 Å². The van der Waals surface area contributed by atoms with E-state index in [-0.39, 0.29) is 11.8 Å². The van der Waals surface area contributed by atoms with Gasteiger partial charge in [-0.3, -0.25) is 4.79 Å². The van der Waals surface area contributed by atoms with Crippen LogP contribution in [0.25, 0.3) is 0 Å². The molecule has 3 heteroatoms. The average Bonchev–Trinajstić information content (AvgIpc) is 2.64. The zero-order valence-corrected chi connectivity index (χ0v) is 8.70. The summed E-state index contributed by atoms with van der Waals surface area (Å²) in [7, 11) is 1.76. The Hall–Kier alpha value is -1.01. The summed E-state index contributed by atoms with van der Waals surface area (Å²) in [6.07, 6.45) is 8.33. The van der Waals surface area contributed by atoms with Gasteiger partial charge in [-0.25, -0.2) is 0 Å². The highest BCUT2D eigenvalue weighted by Gasteiger charge is 2.33. The van der Waals surface area contributed by atoms with E-state index in [1.54, 1.807) is 11.9 Å². The molecule has 0 spiro atoms. The fraction of sp³-hybridized carbons (Fsp3) is 0.727. The highest BCUT2D eigenvalue weighted by atomic mass is 16.2. The molecule has 1 amide bonds. The Bertz CT molecular complexity index is 244. The van der Waals surface area contributed by atoms with Crippen LogP contribution < -0.4 is 5.73 Å². The number of terminal acetylenes is 1. The zero-order chi connectivity index (χ0) is 10.6. The fourth-order valence-corrected chi connectivity index (χ4v) is 2.14. The van der Waals surface area contributed by atoms with Crippen LogP contribution in [0, 0.1) is 24.2 Å². The van der Waals surface area contributed by atoms with E-state index < -0.39 is 0 Å². The zero-order valence-electron chi connectivity index (χ0n) is 8.70. The second kappa shape index (κ2) is 5.02. The molecule has 0 saturated heterocycles. The summed E-state index contributed by atoms with van der Waals surface area (Å²) in [6, 6.07) is 0. The van der Waals surface area contributed by atoms with Gasteiger partial charge in [-0.2, -0.15) is 0 Å². The standard InChI is InChI=1S/C11H18N2O/c1-3-7-13(2)11(14)10-6-4-5-9(10)8-12/h1,9-10H,4-8,12H2,2H3. The smallest absolute Gasteiger partial charge is 0.226 e. The SMILES string of the molecule is C#CCN(C)C(=O)C1CCCC1CN. The predicted octanol–water partition coefficient (Wildman–Crippen LogP) is 0.453. The number of rotatable bonds is 3. The number of nitrogens with zero attached hydrogens (tertiary/aromatic N) is 1. The minimum atomic E-state index is 0.110. The van der Waals surface area contributed by atoms with Crippen LogP contribution in [0.4, 0.5) is 0 Å². The van der Waals surface area contributed by atoms with Gasteiger partial charge in [0, 0.05) is 13.0 Å². The van der Waals surface area contributed by atoms with Gasteiger partial charge in [-0.1, -0.05) is 12.3 Å². The van der Waals surface area contributed by atoms with E-state index in [1.165, 1.54) is 0 Å². The Labute approximate surface area is 85.6 Å². The molecule has 1 rings (SSSR count). The van der Waals surface area contributed by atoms with Crippen LogP contribution in [-0.2, 0) is 4.79 Å². The molecule has 2 unspecified atom stereocenters. The summed E-state index contributed by atoms with van der Waals surface area (Å²) in [5.74, 6) is 3.11. The Balaban J connectivity index is 2.55. The average molecular weight is 194 g/mol. The molecule has 1 aliphatic carbocycles. The summed E-state index contributed by atoms with van der Waals surface area (Å²) < 4.78 is 0. The maximum atomic E-state index is 11.9. The number of hydrogen-bond donors (Lipinski definition) is 1. The molecule has 78 valence electrons. The Morgan fingerprint density at radius 2 is 2.36 bits per heavy atom. The van der Waals surface area contributed by atoms with Crippen LogP contribution in [-0.4, -0.2) is 30.9 Å². The van der Waals surface area contributed by atoms with Gasteiger partial charge in [0.15, 0.2) is 0 Å². The molecule has 2 atom stereocenters. The summed E-state index contributed by atoms with van der Waals surface area (Å²) in [6.45, 7) is 1.01. The van der Waals surface area contributed by atoms with Crippen molar-refractivity contribution in [1.82, 2.24) is 4.90 Å². The molecule has 0 heterocycles. The number of hydrogen-bond acceptors (Lipinski definition) is 2. The lowest BCUT2D eigenvalue weighted by Gasteiger charge is -2.22. The fourth-order valence-electron chi connectivity index (χ4n) is 2.14. The lowest BCUT2D eigenvalue weighted by atomic mass is 9.95. The maximum absolute atomic E-state index is 11.9. The van der Waals surface area contributed by atoms with Crippen LogP contribution in [0.1, 0.15) is 19.3 Å². The van der Waals surface area contributed by atoms with E-state index >= 15 is 0 Å². The highest BCUT2D eigenvalue weighted by Crippen LogP contribution is 2.31. The molecule has 14 heavy (non-hydrogen) atoms. The van der Waals surface area contributed by atoms with Gasteiger partial charge in [0.25, 0.3) is 0 Å². The van der Waals surface area contributed by atoms with E-state index in [1.807, 2.05) is 0 Å². The first-order chi connectivity index (χ1) is 6.70. The molecule has 0 aromatic carbocycles. The third-order valence-electron chi connectivity index (χ3n) is 2.98. The summed E-state index contributed by atoms with van der Waals surface area (Å²) >= 11 is 0. The maximum Gasteiger partial charge on any atom is 0.226 e. The third kappa shape index (κ3) is 2.27. The van der Waals surface area contributed by atoms with Crippen molar-refractivity contribution >= 4 is 5.91 Å². The van der Waals surface area contributed by atoms with Crippen molar-refractivity contribution in [3.05, 3.63) is 0 Å². The van der Waals surface area contributed by atoms with E-state index in [9.17, 15) is 4.79 Å². The van der Waals surface area contributed by atoms with Gasteiger partial charge in [0.2, 0.25) is 5.91 Å². The largest absolute Gasteiger partial charge is 0.334 e. The highest BCUT2D eigenvalue weighted by molar-refractivity contribution is 5.79. The van der Waals surface area contributed by atoms with E-state index in [0.29, 0.717) is 19.0 Å².